The molecule has 0 N–H and O–H groups in total. The summed E-state index contributed by atoms with van der Waals surface area (Å²) < 4.78 is 0. The molecule has 0 amide bonds. The average molecular weight is 172 g/mol. The van der Waals surface area contributed by atoms with Gasteiger partial charge in [0.05, 0.1) is 11.7 Å². The van der Waals surface area contributed by atoms with Gasteiger partial charge in [-0.15, -0.1) is 0 Å². The molecule has 2 heteroatoms. The maximum absolute atomic E-state index is 5.35. The number of hydrogen-bond acceptors (Lipinski definition) is 2. The second-order valence-corrected chi connectivity index (χ2v) is 4.55. The van der Waals surface area contributed by atoms with Crippen molar-refractivity contribution in [3.05, 3.63) is 0 Å². The van der Waals surface area contributed by atoms with Crippen molar-refractivity contribution in [3.63, 3.8) is 0 Å². The Bertz CT molecular complexity index is 120. The zero-order valence-corrected chi connectivity index (χ0v) is 8.43. The van der Waals surface area contributed by atoms with Gasteiger partial charge < -0.3 is 0 Å². The molecule has 0 bridgehead atoms. The SMILES string of the molecule is CC(C)(C)OOC1CCCCC1. The highest BCUT2D eigenvalue weighted by Crippen LogP contribution is 2.22. The lowest BCUT2D eigenvalue weighted by molar-refractivity contribution is -0.376. The molecule has 0 unspecified atom stereocenters. The second kappa shape index (κ2) is 4.24. The molecule has 0 radical (unpaired) electrons. The third kappa shape index (κ3) is 4.07. The minimum absolute atomic E-state index is 0.169. The van der Waals surface area contributed by atoms with Crippen LogP contribution in [0.25, 0.3) is 0 Å². The third-order valence-electron chi connectivity index (χ3n) is 1.99. The lowest BCUT2D eigenvalue weighted by Gasteiger charge is -2.25. The molecule has 1 aliphatic carbocycles. The van der Waals surface area contributed by atoms with Gasteiger partial charge in [-0.25, -0.2) is 9.78 Å². The predicted molar refractivity (Wildman–Crippen MR) is 48.8 cm³/mol. The van der Waals surface area contributed by atoms with E-state index in [9.17, 15) is 0 Å². The van der Waals surface area contributed by atoms with Crippen LogP contribution in [0.4, 0.5) is 0 Å². The van der Waals surface area contributed by atoms with E-state index in [1.165, 1.54) is 19.3 Å². The Balaban J connectivity index is 2.13. The molecule has 0 aromatic carbocycles. The van der Waals surface area contributed by atoms with Crippen molar-refractivity contribution in [1.29, 1.82) is 0 Å². The first-order valence-corrected chi connectivity index (χ1v) is 4.92. The maximum Gasteiger partial charge on any atom is 0.0952 e. The van der Waals surface area contributed by atoms with Crippen LogP contribution in [0.3, 0.4) is 0 Å². The Morgan fingerprint density at radius 1 is 1.00 bits per heavy atom. The van der Waals surface area contributed by atoms with Gasteiger partial charge in [-0.2, -0.15) is 0 Å². The monoisotopic (exact) mass is 172 g/mol. The van der Waals surface area contributed by atoms with Crippen LogP contribution in [-0.4, -0.2) is 11.7 Å². The molecule has 1 fully saturated rings. The van der Waals surface area contributed by atoms with Crippen LogP contribution in [0.2, 0.25) is 0 Å². The molecule has 72 valence electrons. The lowest BCUT2D eigenvalue weighted by atomic mass is 9.98. The van der Waals surface area contributed by atoms with Gasteiger partial charge >= 0.3 is 0 Å². The molecular weight excluding hydrogens is 152 g/mol. The van der Waals surface area contributed by atoms with E-state index in [-0.39, 0.29) is 5.60 Å². The molecule has 1 saturated carbocycles. The molecule has 1 aliphatic rings. The van der Waals surface area contributed by atoms with Gasteiger partial charge in [-0.05, 0) is 33.6 Å². The van der Waals surface area contributed by atoms with Gasteiger partial charge in [-0.3, -0.25) is 0 Å². The minimum atomic E-state index is -0.169. The first kappa shape index (κ1) is 10.0. The molecule has 0 atom stereocenters. The van der Waals surface area contributed by atoms with Crippen LogP contribution < -0.4 is 0 Å². The smallest absolute Gasteiger partial charge is 0.0952 e. The van der Waals surface area contributed by atoms with E-state index in [2.05, 4.69) is 0 Å². The molecule has 1 rings (SSSR count). The Kier molecular flexibility index (Phi) is 3.53. The standard InChI is InChI=1S/C10H20O2/c1-10(2,3)12-11-9-7-5-4-6-8-9/h9H,4-8H2,1-3H3. The number of hydrogen-bond donors (Lipinski definition) is 0. The highest BCUT2D eigenvalue weighted by Gasteiger charge is 2.18. The van der Waals surface area contributed by atoms with E-state index in [4.69, 9.17) is 9.78 Å². The Morgan fingerprint density at radius 3 is 2.08 bits per heavy atom. The quantitative estimate of drug-likeness (QED) is 0.471. The summed E-state index contributed by atoms with van der Waals surface area (Å²) in [5.74, 6) is 0. The van der Waals surface area contributed by atoms with Crippen molar-refractivity contribution in [3.8, 4) is 0 Å². The minimum Gasteiger partial charge on any atom is -0.233 e. The third-order valence-corrected chi connectivity index (χ3v) is 1.99. The summed E-state index contributed by atoms with van der Waals surface area (Å²) in [4.78, 5) is 10.6. The van der Waals surface area contributed by atoms with Crippen molar-refractivity contribution in [2.45, 2.75) is 64.6 Å². The van der Waals surface area contributed by atoms with Gasteiger partial charge in [0, 0.05) is 0 Å². The van der Waals surface area contributed by atoms with E-state index in [1.54, 1.807) is 0 Å². The summed E-state index contributed by atoms with van der Waals surface area (Å²) >= 11 is 0. The Hall–Kier alpha value is -0.0800. The van der Waals surface area contributed by atoms with Gasteiger partial charge in [0.15, 0.2) is 0 Å². The van der Waals surface area contributed by atoms with Crippen molar-refractivity contribution in [2.75, 3.05) is 0 Å². The van der Waals surface area contributed by atoms with Crippen molar-refractivity contribution >= 4 is 0 Å². The van der Waals surface area contributed by atoms with Gasteiger partial charge in [0.2, 0.25) is 0 Å². The predicted octanol–water partition coefficient (Wildman–Crippen LogP) is 3.07. The first-order valence-electron chi connectivity index (χ1n) is 4.92. The average Bonchev–Trinajstić information content (AvgIpc) is 2.02. The van der Waals surface area contributed by atoms with E-state index in [1.807, 2.05) is 20.8 Å². The molecule has 0 aromatic rings. The second-order valence-electron chi connectivity index (χ2n) is 4.55. The normalized spacial score (nSPS) is 21.2. The Morgan fingerprint density at radius 2 is 1.58 bits per heavy atom. The molecule has 0 aromatic heterocycles. The zero-order chi connectivity index (χ0) is 9.03. The summed E-state index contributed by atoms with van der Waals surface area (Å²) in [5, 5.41) is 0. The molecule has 12 heavy (non-hydrogen) atoms. The van der Waals surface area contributed by atoms with Crippen molar-refractivity contribution in [2.24, 2.45) is 0 Å². The molecule has 0 heterocycles. The first-order chi connectivity index (χ1) is 5.58. The lowest BCUT2D eigenvalue weighted by Crippen LogP contribution is -2.25. The van der Waals surface area contributed by atoms with Gasteiger partial charge in [0.1, 0.15) is 0 Å². The summed E-state index contributed by atoms with van der Waals surface area (Å²) in [6.07, 6.45) is 6.61. The molecule has 0 saturated heterocycles. The van der Waals surface area contributed by atoms with Crippen molar-refractivity contribution < 1.29 is 9.78 Å². The van der Waals surface area contributed by atoms with Gasteiger partial charge in [-0.1, -0.05) is 19.3 Å². The molecule has 0 spiro atoms. The highest BCUT2D eigenvalue weighted by molar-refractivity contribution is 4.64. The summed E-state index contributed by atoms with van der Waals surface area (Å²) in [5.41, 5.74) is -0.169. The molecule has 0 aliphatic heterocycles. The van der Waals surface area contributed by atoms with Crippen LogP contribution in [0.15, 0.2) is 0 Å². The van der Waals surface area contributed by atoms with Crippen LogP contribution in [-0.2, 0) is 9.78 Å². The van der Waals surface area contributed by atoms with Gasteiger partial charge in [0.25, 0.3) is 0 Å². The Labute approximate surface area is 75.2 Å². The molecule has 2 nitrogen and oxygen atoms in total. The van der Waals surface area contributed by atoms with Crippen LogP contribution >= 0.6 is 0 Å². The molecular formula is C10H20O2. The number of rotatable bonds is 2. The van der Waals surface area contributed by atoms with E-state index in [0.717, 1.165) is 12.8 Å². The highest BCUT2D eigenvalue weighted by atomic mass is 17.2. The van der Waals surface area contributed by atoms with E-state index >= 15 is 0 Å². The van der Waals surface area contributed by atoms with Crippen LogP contribution in [0.1, 0.15) is 52.9 Å². The topological polar surface area (TPSA) is 18.5 Å². The summed E-state index contributed by atoms with van der Waals surface area (Å²) in [6.45, 7) is 6.03. The zero-order valence-electron chi connectivity index (χ0n) is 8.43. The summed E-state index contributed by atoms with van der Waals surface area (Å²) in [6, 6.07) is 0. The van der Waals surface area contributed by atoms with E-state index in [0.29, 0.717) is 6.10 Å². The maximum atomic E-state index is 5.35. The van der Waals surface area contributed by atoms with Crippen LogP contribution in [0, 0.1) is 0 Å². The fraction of sp³-hybridized carbons (Fsp3) is 1.00. The van der Waals surface area contributed by atoms with E-state index < -0.39 is 0 Å². The van der Waals surface area contributed by atoms with Crippen molar-refractivity contribution in [1.82, 2.24) is 0 Å². The fourth-order valence-electron chi connectivity index (χ4n) is 1.37. The summed E-state index contributed by atoms with van der Waals surface area (Å²) in [7, 11) is 0. The van der Waals surface area contributed by atoms with Crippen LogP contribution in [0.5, 0.6) is 0 Å². The largest absolute Gasteiger partial charge is 0.233 e. The fourth-order valence-corrected chi connectivity index (χ4v) is 1.37.